The number of hydrogen-bond acceptors (Lipinski definition) is 3. The van der Waals surface area contributed by atoms with Crippen molar-refractivity contribution in [3.8, 4) is 0 Å². The van der Waals surface area contributed by atoms with Crippen LogP contribution in [0.25, 0.3) is 0 Å². The predicted octanol–water partition coefficient (Wildman–Crippen LogP) is 2.16. The number of rotatable bonds is 7. The maximum atomic E-state index is 5.25. The van der Waals surface area contributed by atoms with E-state index in [1.54, 1.807) is 26.0 Å². The molecule has 0 heterocycles. The molecule has 0 N–H and O–H groups in total. The highest BCUT2D eigenvalue weighted by molar-refractivity contribution is 8.02. The van der Waals surface area contributed by atoms with E-state index in [2.05, 4.69) is 13.5 Å². The van der Waals surface area contributed by atoms with Gasteiger partial charge in [0.1, 0.15) is 0 Å². The molecule has 0 rings (SSSR count). The first-order valence-electron chi connectivity index (χ1n) is 4.10. The summed E-state index contributed by atoms with van der Waals surface area (Å²) >= 11 is 1.77. The number of hydrogen-bond donors (Lipinski definition) is 0. The molecule has 2 nitrogen and oxygen atoms in total. The normalized spacial score (nSPS) is 13.3. The van der Waals surface area contributed by atoms with Gasteiger partial charge in [-0.2, -0.15) is 0 Å². The van der Waals surface area contributed by atoms with E-state index in [0.717, 1.165) is 12.5 Å². The minimum Gasteiger partial charge on any atom is -0.400 e. The highest BCUT2D eigenvalue weighted by Gasteiger charge is 2.16. The molecule has 0 aromatic rings. The summed E-state index contributed by atoms with van der Waals surface area (Å²) in [5.74, 6) is 0. The van der Waals surface area contributed by atoms with Crippen LogP contribution in [0.2, 0.25) is 6.04 Å². The Bertz CT molecular complexity index is 118. The molecule has 0 spiro atoms. The van der Waals surface area contributed by atoms with Crippen molar-refractivity contribution in [3.05, 3.63) is 12.0 Å². The van der Waals surface area contributed by atoms with Gasteiger partial charge in [-0.25, -0.2) is 0 Å². The summed E-state index contributed by atoms with van der Waals surface area (Å²) in [6.07, 6.45) is 1.15. The highest BCUT2D eigenvalue weighted by Crippen LogP contribution is 2.20. The molecule has 0 fully saturated rings. The fraction of sp³-hybridized carbons (Fsp3) is 0.750. The van der Waals surface area contributed by atoms with Crippen molar-refractivity contribution >= 4 is 21.0 Å². The Kier molecular flexibility index (Phi) is 8.00. The Morgan fingerprint density at radius 3 is 2.42 bits per heavy atom. The minimum atomic E-state index is -1.37. The average Bonchev–Trinajstić information content (AvgIpc) is 2.12. The molecule has 0 bridgehead atoms. The molecule has 0 aromatic carbocycles. The van der Waals surface area contributed by atoms with Crippen LogP contribution in [-0.2, 0) is 8.85 Å². The predicted molar refractivity (Wildman–Crippen MR) is 57.8 cm³/mol. The van der Waals surface area contributed by atoms with Gasteiger partial charge >= 0.3 is 9.28 Å². The second-order valence-electron chi connectivity index (χ2n) is 2.47. The first-order valence-corrected chi connectivity index (χ1v) is 6.80. The SMILES string of the molecule is C=CSC(CC)C[SiH](OC)OC. The molecule has 0 aliphatic rings. The summed E-state index contributed by atoms with van der Waals surface area (Å²) in [4.78, 5) is 0. The molecule has 4 heteroatoms. The molecule has 72 valence electrons. The maximum absolute atomic E-state index is 5.25. The molecule has 0 saturated carbocycles. The summed E-state index contributed by atoms with van der Waals surface area (Å²) in [7, 11) is 2.09. The van der Waals surface area contributed by atoms with Crippen LogP contribution in [0.5, 0.6) is 0 Å². The summed E-state index contributed by atoms with van der Waals surface area (Å²) in [5.41, 5.74) is 0. The average molecular weight is 206 g/mol. The van der Waals surface area contributed by atoms with Crippen LogP contribution in [0.1, 0.15) is 13.3 Å². The van der Waals surface area contributed by atoms with Crippen LogP contribution in [0.3, 0.4) is 0 Å². The van der Waals surface area contributed by atoms with Crippen LogP contribution in [-0.4, -0.2) is 28.8 Å². The lowest BCUT2D eigenvalue weighted by molar-refractivity contribution is 0.277. The molecule has 0 radical (unpaired) electrons. The second kappa shape index (κ2) is 7.85. The standard InChI is InChI=1S/C8H18O2SSi/c1-5-8(11-6-2)7-12(9-3)10-4/h6,8,12H,2,5,7H2,1,3-4H3. The first-order chi connectivity index (χ1) is 5.78. The monoisotopic (exact) mass is 206 g/mol. The van der Waals surface area contributed by atoms with Crippen molar-refractivity contribution in [2.75, 3.05) is 14.2 Å². The van der Waals surface area contributed by atoms with Gasteiger partial charge in [-0.1, -0.05) is 13.5 Å². The van der Waals surface area contributed by atoms with Gasteiger partial charge in [0.15, 0.2) is 0 Å². The van der Waals surface area contributed by atoms with E-state index in [0.29, 0.717) is 5.25 Å². The summed E-state index contributed by atoms with van der Waals surface area (Å²) < 4.78 is 10.5. The Morgan fingerprint density at radius 2 is 2.08 bits per heavy atom. The zero-order chi connectivity index (χ0) is 9.40. The third-order valence-corrected chi connectivity index (χ3v) is 5.18. The molecule has 1 atom stereocenters. The van der Waals surface area contributed by atoms with Crippen LogP contribution in [0, 0.1) is 0 Å². The lowest BCUT2D eigenvalue weighted by Gasteiger charge is -2.16. The molecule has 0 saturated heterocycles. The number of thioether (sulfide) groups is 1. The molecule has 0 aromatic heterocycles. The van der Waals surface area contributed by atoms with Gasteiger partial charge in [0.05, 0.1) is 0 Å². The highest BCUT2D eigenvalue weighted by atomic mass is 32.2. The van der Waals surface area contributed by atoms with E-state index in [-0.39, 0.29) is 0 Å². The van der Waals surface area contributed by atoms with Gasteiger partial charge in [-0.05, 0) is 11.8 Å². The van der Waals surface area contributed by atoms with Gasteiger partial charge < -0.3 is 8.85 Å². The maximum Gasteiger partial charge on any atom is 0.322 e. The van der Waals surface area contributed by atoms with Crippen LogP contribution in [0.4, 0.5) is 0 Å². The summed E-state index contributed by atoms with van der Waals surface area (Å²) in [6, 6.07) is 1.06. The van der Waals surface area contributed by atoms with Crippen molar-refractivity contribution in [3.63, 3.8) is 0 Å². The van der Waals surface area contributed by atoms with Crippen molar-refractivity contribution in [2.45, 2.75) is 24.6 Å². The van der Waals surface area contributed by atoms with Gasteiger partial charge in [0.2, 0.25) is 0 Å². The van der Waals surface area contributed by atoms with E-state index >= 15 is 0 Å². The molecule has 0 amide bonds. The molecular formula is C8H18O2SSi. The lowest BCUT2D eigenvalue weighted by atomic mass is 10.4. The summed E-state index contributed by atoms with van der Waals surface area (Å²) in [6.45, 7) is 5.88. The van der Waals surface area contributed by atoms with Crippen LogP contribution >= 0.6 is 11.8 Å². The van der Waals surface area contributed by atoms with E-state index in [4.69, 9.17) is 8.85 Å². The molecular weight excluding hydrogens is 188 g/mol. The summed E-state index contributed by atoms with van der Waals surface area (Å²) in [5, 5.41) is 2.50. The van der Waals surface area contributed by atoms with Crippen molar-refractivity contribution in [2.24, 2.45) is 0 Å². The Hall–Kier alpha value is 0.227. The van der Waals surface area contributed by atoms with Crippen LogP contribution < -0.4 is 0 Å². The third-order valence-electron chi connectivity index (χ3n) is 1.73. The van der Waals surface area contributed by atoms with Crippen LogP contribution in [0.15, 0.2) is 12.0 Å². The Balaban J connectivity index is 3.73. The van der Waals surface area contributed by atoms with E-state index < -0.39 is 9.28 Å². The largest absolute Gasteiger partial charge is 0.400 e. The second-order valence-corrected chi connectivity index (χ2v) is 6.02. The Morgan fingerprint density at radius 1 is 1.50 bits per heavy atom. The van der Waals surface area contributed by atoms with Gasteiger partial charge in [-0.15, -0.1) is 11.8 Å². The van der Waals surface area contributed by atoms with E-state index in [1.807, 2.05) is 5.41 Å². The Labute approximate surface area is 81.2 Å². The topological polar surface area (TPSA) is 18.5 Å². The van der Waals surface area contributed by atoms with Gasteiger partial charge in [0.25, 0.3) is 0 Å². The third kappa shape index (κ3) is 4.98. The fourth-order valence-electron chi connectivity index (χ4n) is 0.958. The van der Waals surface area contributed by atoms with E-state index in [9.17, 15) is 0 Å². The zero-order valence-corrected chi connectivity index (χ0v) is 10.0. The quantitative estimate of drug-likeness (QED) is 0.595. The molecule has 0 aliphatic carbocycles. The first kappa shape index (κ1) is 12.2. The fourth-order valence-corrected chi connectivity index (χ4v) is 3.68. The smallest absolute Gasteiger partial charge is 0.322 e. The van der Waals surface area contributed by atoms with E-state index in [1.165, 1.54) is 0 Å². The minimum absolute atomic E-state index is 0.610. The van der Waals surface area contributed by atoms with Gasteiger partial charge in [0, 0.05) is 25.5 Å². The molecule has 0 aliphatic heterocycles. The lowest BCUT2D eigenvalue weighted by Crippen LogP contribution is -2.23. The van der Waals surface area contributed by atoms with Crippen molar-refractivity contribution in [1.29, 1.82) is 0 Å². The van der Waals surface area contributed by atoms with Crippen molar-refractivity contribution in [1.82, 2.24) is 0 Å². The zero-order valence-electron chi connectivity index (χ0n) is 8.08. The molecule has 12 heavy (non-hydrogen) atoms. The van der Waals surface area contributed by atoms with Gasteiger partial charge in [-0.3, -0.25) is 0 Å². The molecule has 1 unspecified atom stereocenters. The van der Waals surface area contributed by atoms with Crippen molar-refractivity contribution < 1.29 is 8.85 Å².